The van der Waals surface area contributed by atoms with E-state index >= 15 is 0 Å². The van der Waals surface area contributed by atoms with Gasteiger partial charge in [0.25, 0.3) is 0 Å². The van der Waals surface area contributed by atoms with Gasteiger partial charge in [0.15, 0.2) is 0 Å². The van der Waals surface area contributed by atoms with Crippen LogP contribution in [0.15, 0.2) is 0 Å². The molecule has 0 aromatic heterocycles. The van der Waals surface area contributed by atoms with Crippen molar-refractivity contribution in [2.24, 2.45) is 0 Å². The normalized spacial score (nSPS) is 20.5. The molecule has 0 radical (unpaired) electrons. The number of hydrogen-bond acceptors (Lipinski definition) is 5. The monoisotopic (exact) mass is 136 g/mol. The van der Waals surface area contributed by atoms with E-state index in [-0.39, 0.29) is 0 Å². The molecule has 0 amide bonds. The molecule has 0 spiro atoms. The van der Waals surface area contributed by atoms with Crippen LogP contribution in [0.2, 0.25) is 0 Å². The standard InChI is InChI=1S/C2O5S/c3-1-2(4)7-8(5)6-1. The predicted octanol–water partition coefficient (Wildman–Crippen LogP) is -1.33. The summed E-state index contributed by atoms with van der Waals surface area (Å²) in [6.07, 6.45) is 0. The Kier molecular flexibility index (Phi) is 1.01. The molecule has 1 saturated heterocycles. The topological polar surface area (TPSA) is 69.7 Å². The van der Waals surface area contributed by atoms with E-state index in [0.29, 0.717) is 0 Å². The van der Waals surface area contributed by atoms with Gasteiger partial charge in [0.05, 0.1) is 0 Å². The van der Waals surface area contributed by atoms with E-state index in [1.54, 1.807) is 0 Å². The fourth-order valence-electron chi connectivity index (χ4n) is 0.209. The van der Waals surface area contributed by atoms with E-state index in [2.05, 4.69) is 8.37 Å². The van der Waals surface area contributed by atoms with Crippen molar-refractivity contribution in [2.75, 3.05) is 0 Å². The molecule has 5 nitrogen and oxygen atoms in total. The summed E-state index contributed by atoms with van der Waals surface area (Å²) < 4.78 is 17.4. The van der Waals surface area contributed by atoms with Gasteiger partial charge in [0.1, 0.15) is 0 Å². The summed E-state index contributed by atoms with van der Waals surface area (Å²) in [5.41, 5.74) is 0. The Morgan fingerprint density at radius 1 is 1.12 bits per heavy atom. The van der Waals surface area contributed by atoms with E-state index in [4.69, 9.17) is 0 Å². The maximum atomic E-state index is 9.89. The summed E-state index contributed by atoms with van der Waals surface area (Å²) in [6, 6.07) is 0. The van der Waals surface area contributed by atoms with Gasteiger partial charge in [-0.15, -0.1) is 0 Å². The Morgan fingerprint density at radius 3 is 1.62 bits per heavy atom. The third-order valence-electron chi connectivity index (χ3n) is 0.454. The molecule has 1 fully saturated rings. The first kappa shape index (κ1) is 5.23. The average Bonchev–Trinajstić information content (AvgIpc) is 1.85. The largest absolute Gasteiger partial charge is 0.434 e. The Hall–Kier alpha value is -0.910. The maximum Gasteiger partial charge on any atom is 0.434 e. The van der Waals surface area contributed by atoms with Crippen LogP contribution < -0.4 is 0 Å². The third-order valence-corrected chi connectivity index (χ3v) is 1.03. The highest BCUT2D eigenvalue weighted by Gasteiger charge is 2.32. The van der Waals surface area contributed by atoms with E-state index in [1.165, 1.54) is 0 Å². The first-order chi connectivity index (χ1) is 3.70. The number of carbonyl (C=O) groups excluding carboxylic acids is 2. The van der Waals surface area contributed by atoms with Crippen LogP contribution in [0, 0.1) is 0 Å². The van der Waals surface area contributed by atoms with E-state index in [9.17, 15) is 13.8 Å². The SMILES string of the molecule is O=C1OS(=O)OC1=O. The van der Waals surface area contributed by atoms with E-state index < -0.39 is 23.3 Å². The molecule has 0 aromatic rings. The zero-order valence-electron chi connectivity index (χ0n) is 3.45. The van der Waals surface area contributed by atoms with Crippen LogP contribution in [0.1, 0.15) is 0 Å². The second-order valence-corrected chi connectivity index (χ2v) is 1.69. The summed E-state index contributed by atoms with van der Waals surface area (Å²) >= 11 is -2.18. The fourth-order valence-corrected chi connectivity index (χ4v) is 0.626. The summed E-state index contributed by atoms with van der Waals surface area (Å²) in [7, 11) is 0. The molecule has 0 aliphatic carbocycles. The molecule has 0 aromatic carbocycles. The molecule has 0 saturated carbocycles. The van der Waals surface area contributed by atoms with Crippen molar-refractivity contribution in [2.45, 2.75) is 0 Å². The van der Waals surface area contributed by atoms with Gasteiger partial charge in [-0.1, -0.05) is 0 Å². The van der Waals surface area contributed by atoms with Crippen LogP contribution in [0.3, 0.4) is 0 Å². The van der Waals surface area contributed by atoms with E-state index in [0.717, 1.165) is 0 Å². The smallest absolute Gasteiger partial charge is 0.324 e. The molecule has 1 rings (SSSR count). The quantitative estimate of drug-likeness (QED) is 0.385. The first-order valence-electron chi connectivity index (χ1n) is 1.57. The summed E-state index contributed by atoms with van der Waals surface area (Å²) in [5.74, 6) is -2.41. The third kappa shape index (κ3) is 0.692. The molecule has 44 valence electrons. The van der Waals surface area contributed by atoms with Crippen LogP contribution in [-0.4, -0.2) is 16.1 Å². The lowest BCUT2D eigenvalue weighted by Crippen LogP contribution is -2.05. The average molecular weight is 136 g/mol. The lowest BCUT2D eigenvalue weighted by molar-refractivity contribution is -0.150. The Balaban J connectivity index is 2.79. The van der Waals surface area contributed by atoms with Gasteiger partial charge in [-0.25, -0.2) is 9.59 Å². The molecule has 0 atom stereocenters. The lowest BCUT2D eigenvalue weighted by atomic mass is 10.7. The van der Waals surface area contributed by atoms with Crippen LogP contribution in [0.5, 0.6) is 0 Å². The maximum absolute atomic E-state index is 9.89. The van der Waals surface area contributed by atoms with Crippen molar-refractivity contribution in [1.82, 2.24) is 0 Å². The molecule has 0 bridgehead atoms. The summed E-state index contributed by atoms with van der Waals surface area (Å²) in [5, 5.41) is 0. The highest BCUT2D eigenvalue weighted by Crippen LogP contribution is 2.01. The molecule has 6 heteroatoms. The summed E-state index contributed by atoms with van der Waals surface area (Å²) in [6.45, 7) is 0. The zero-order valence-corrected chi connectivity index (χ0v) is 4.27. The fraction of sp³-hybridized carbons (Fsp3) is 0. The van der Waals surface area contributed by atoms with Gasteiger partial charge < -0.3 is 8.37 Å². The Labute approximate surface area is 46.4 Å². The second-order valence-electron chi connectivity index (χ2n) is 0.946. The van der Waals surface area contributed by atoms with Crippen molar-refractivity contribution in [3.05, 3.63) is 0 Å². The van der Waals surface area contributed by atoms with Crippen molar-refractivity contribution in [3.63, 3.8) is 0 Å². The van der Waals surface area contributed by atoms with Crippen LogP contribution in [0.4, 0.5) is 0 Å². The highest BCUT2D eigenvalue weighted by atomic mass is 32.2. The van der Waals surface area contributed by atoms with Crippen molar-refractivity contribution < 1.29 is 22.2 Å². The first-order valence-corrected chi connectivity index (χ1v) is 2.57. The number of carbonyl (C=O) groups is 2. The molecule has 1 aliphatic rings. The highest BCUT2D eigenvalue weighted by molar-refractivity contribution is 7.77. The molecular weight excluding hydrogens is 136 g/mol. The predicted molar refractivity (Wildman–Crippen MR) is 20.3 cm³/mol. The van der Waals surface area contributed by atoms with Crippen molar-refractivity contribution in [3.8, 4) is 0 Å². The molecule has 8 heavy (non-hydrogen) atoms. The Bertz CT molecular complexity index is 153. The second kappa shape index (κ2) is 1.55. The molecule has 0 N–H and O–H groups in total. The van der Waals surface area contributed by atoms with Crippen molar-refractivity contribution >= 4 is 23.3 Å². The number of rotatable bonds is 0. The van der Waals surface area contributed by atoms with Gasteiger partial charge in [-0.05, 0) is 0 Å². The molecule has 0 unspecified atom stereocenters. The van der Waals surface area contributed by atoms with Gasteiger partial charge in [-0.3, -0.25) is 0 Å². The minimum Gasteiger partial charge on any atom is -0.324 e. The molecule has 1 heterocycles. The molecule has 1 aliphatic heterocycles. The van der Waals surface area contributed by atoms with Crippen LogP contribution >= 0.6 is 0 Å². The molecular formula is C2O5S. The minimum absolute atomic E-state index is 1.21. The Morgan fingerprint density at radius 2 is 1.50 bits per heavy atom. The lowest BCUT2D eigenvalue weighted by Gasteiger charge is -1.75. The van der Waals surface area contributed by atoms with Gasteiger partial charge in [0, 0.05) is 0 Å². The van der Waals surface area contributed by atoms with Gasteiger partial charge >= 0.3 is 23.3 Å². The van der Waals surface area contributed by atoms with Crippen molar-refractivity contribution in [1.29, 1.82) is 0 Å². The summed E-state index contributed by atoms with van der Waals surface area (Å²) in [4.78, 5) is 19.8. The van der Waals surface area contributed by atoms with Gasteiger partial charge in [-0.2, -0.15) is 4.21 Å². The minimum atomic E-state index is -2.18. The van der Waals surface area contributed by atoms with Crippen LogP contribution in [-0.2, 0) is 29.3 Å². The van der Waals surface area contributed by atoms with Gasteiger partial charge in [0.2, 0.25) is 0 Å². The van der Waals surface area contributed by atoms with Crippen LogP contribution in [0.25, 0.3) is 0 Å². The zero-order chi connectivity index (χ0) is 6.15. The number of hydrogen-bond donors (Lipinski definition) is 0. The van der Waals surface area contributed by atoms with E-state index in [1.807, 2.05) is 0 Å².